The van der Waals surface area contributed by atoms with Gasteiger partial charge in [-0.3, -0.25) is 4.98 Å². The molecule has 3 heterocycles. The van der Waals surface area contributed by atoms with Gasteiger partial charge in [-0.25, -0.2) is 4.98 Å². The zero-order valence-electron chi connectivity index (χ0n) is 21.9. The summed E-state index contributed by atoms with van der Waals surface area (Å²) in [6.07, 6.45) is -0.650. The van der Waals surface area contributed by atoms with Gasteiger partial charge in [0.1, 0.15) is 5.58 Å². The van der Waals surface area contributed by atoms with E-state index in [4.69, 9.17) is 15.4 Å². The Balaban J connectivity index is 1.89. The summed E-state index contributed by atoms with van der Waals surface area (Å²) in [6.45, 7) is -1.44. The molecule has 0 aliphatic heterocycles. The molecule has 0 unspecified atom stereocenters. The smallest absolute Gasteiger partial charge is 0.227 e. The molecule has 0 bridgehead atoms. The number of furan rings is 1. The molecule has 0 spiro atoms. The van der Waals surface area contributed by atoms with E-state index in [1.165, 1.54) is 18.3 Å². The van der Waals surface area contributed by atoms with Gasteiger partial charge in [-0.15, -0.1) is 0 Å². The minimum atomic E-state index is -2.50. The number of fused-ring (bicyclic) bond motifs is 3. The molecule has 1 aromatic carbocycles. The summed E-state index contributed by atoms with van der Waals surface area (Å²) in [7, 11) is 0. The molecule has 4 aromatic rings. The average Bonchev–Trinajstić information content (AvgIpc) is 3.09. The van der Waals surface area contributed by atoms with Gasteiger partial charge >= 0.3 is 0 Å². The van der Waals surface area contributed by atoms with Gasteiger partial charge in [-0.2, -0.15) is 0 Å². The lowest BCUT2D eigenvalue weighted by atomic mass is 9.97. The molecule has 0 aliphatic carbocycles. The molecule has 4 rings (SSSR count). The minimum absolute atomic E-state index is 0.0586. The first-order chi connectivity index (χ1) is 15.2. The van der Waals surface area contributed by atoms with Gasteiger partial charge in [0.25, 0.3) is 0 Å². The van der Waals surface area contributed by atoms with Crippen LogP contribution in [-0.2, 0) is 6.37 Å². The normalized spacial score (nSPS) is 18.0. The lowest BCUT2D eigenvalue weighted by Gasteiger charge is -2.10. The number of benzene rings is 1. The van der Waals surface area contributed by atoms with E-state index in [-0.39, 0.29) is 22.5 Å². The molecule has 0 amide bonds. The number of pyridine rings is 2. The van der Waals surface area contributed by atoms with Crippen LogP contribution in [0.4, 0.5) is 0 Å². The number of rotatable bonds is 3. The number of aromatic nitrogens is 2. The molecule has 3 nitrogen and oxygen atoms in total. The highest BCUT2D eigenvalue weighted by molar-refractivity contribution is 6.04. The van der Waals surface area contributed by atoms with Gasteiger partial charge in [0.05, 0.1) is 5.69 Å². The molecule has 3 heteroatoms. The molecule has 0 N–H and O–H groups in total. The lowest BCUT2D eigenvalue weighted by Crippen LogP contribution is -1.98. The SMILES string of the molecule is [2H]C([2H])([2H])c1ccc2c(n1)oc1ccc(-c3cc(C([2H])([2H])C(C)C)c(C([2H])([2H])[2H])cn3)cc12. The molecule has 3 aromatic heterocycles. The van der Waals surface area contributed by atoms with Gasteiger partial charge in [0.2, 0.25) is 5.71 Å². The lowest BCUT2D eigenvalue weighted by molar-refractivity contribution is 0.644. The molecule has 0 saturated carbocycles. The van der Waals surface area contributed by atoms with Crippen LogP contribution in [0.25, 0.3) is 33.3 Å². The minimum Gasteiger partial charge on any atom is -0.438 e. The van der Waals surface area contributed by atoms with Gasteiger partial charge in [-0.05, 0) is 73.5 Å². The fraction of sp³-hybridized carbons (Fsp3) is 0.273. The van der Waals surface area contributed by atoms with Crippen molar-refractivity contribution in [1.29, 1.82) is 0 Å². The highest BCUT2D eigenvalue weighted by Gasteiger charge is 2.11. The third-order valence-electron chi connectivity index (χ3n) is 3.98. The predicted octanol–water partition coefficient (Wildman–Crippen LogP) is 5.86. The summed E-state index contributed by atoms with van der Waals surface area (Å²) in [4.78, 5) is 8.45. The molecule has 0 aliphatic rings. The Morgan fingerprint density at radius 2 is 2.04 bits per heavy atom. The predicted molar refractivity (Wildman–Crippen MR) is 103 cm³/mol. The average molecular weight is 338 g/mol. The first-order valence-corrected chi connectivity index (χ1v) is 8.05. The van der Waals surface area contributed by atoms with Crippen molar-refractivity contribution in [2.24, 2.45) is 5.92 Å². The van der Waals surface area contributed by atoms with Gasteiger partial charge in [-0.1, -0.05) is 13.8 Å². The van der Waals surface area contributed by atoms with E-state index in [1.54, 1.807) is 38.1 Å². The van der Waals surface area contributed by atoms with E-state index in [9.17, 15) is 0 Å². The van der Waals surface area contributed by atoms with Crippen LogP contribution in [0.1, 0.15) is 41.6 Å². The maximum atomic E-state index is 8.51. The standard InChI is InChI=1S/C22H22N2O/c1-13(2)9-17-11-20(23-12-14(17)3)16-6-8-21-19(10-16)18-7-5-15(4)24-22(18)25-21/h5-8,10-13H,9H2,1-4H3/i3D3,4D3,9D2. The Morgan fingerprint density at radius 1 is 1.12 bits per heavy atom. The van der Waals surface area contributed by atoms with E-state index in [0.717, 1.165) is 0 Å². The molecule has 126 valence electrons. The summed E-state index contributed by atoms with van der Waals surface area (Å²) in [5.41, 5.74) is 1.70. The molecular weight excluding hydrogens is 308 g/mol. The first-order valence-electron chi connectivity index (χ1n) is 12.0. The van der Waals surface area contributed by atoms with Crippen LogP contribution in [0.3, 0.4) is 0 Å². The van der Waals surface area contributed by atoms with Crippen molar-refractivity contribution in [2.75, 3.05) is 0 Å². The Hall–Kier alpha value is -2.68. The van der Waals surface area contributed by atoms with E-state index in [2.05, 4.69) is 9.97 Å². The summed E-state index contributed by atoms with van der Waals surface area (Å²) < 4.78 is 68.8. The summed E-state index contributed by atoms with van der Waals surface area (Å²) in [6, 6.07) is 9.82. The van der Waals surface area contributed by atoms with Crippen molar-refractivity contribution in [3.8, 4) is 11.3 Å². The van der Waals surface area contributed by atoms with Crippen LogP contribution in [0, 0.1) is 19.6 Å². The van der Waals surface area contributed by atoms with E-state index in [0.29, 0.717) is 27.6 Å². The van der Waals surface area contributed by atoms with Gasteiger partial charge in [0, 0.05) is 39.2 Å². The van der Waals surface area contributed by atoms with Crippen molar-refractivity contribution in [3.63, 3.8) is 0 Å². The van der Waals surface area contributed by atoms with Crippen molar-refractivity contribution in [2.45, 2.75) is 33.9 Å². The van der Waals surface area contributed by atoms with Crippen LogP contribution in [-0.4, -0.2) is 9.97 Å². The van der Waals surface area contributed by atoms with Crippen LogP contribution < -0.4 is 0 Å². The summed E-state index contributed by atoms with van der Waals surface area (Å²) >= 11 is 0. The number of hydrogen-bond acceptors (Lipinski definition) is 3. The fourth-order valence-electron chi connectivity index (χ4n) is 2.86. The molecule has 0 radical (unpaired) electrons. The second kappa shape index (κ2) is 5.99. The second-order valence-electron chi connectivity index (χ2n) is 6.28. The Morgan fingerprint density at radius 3 is 2.84 bits per heavy atom. The van der Waals surface area contributed by atoms with Gasteiger partial charge in [0.15, 0.2) is 0 Å². The van der Waals surface area contributed by atoms with Crippen molar-refractivity contribution in [1.82, 2.24) is 9.97 Å². The van der Waals surface area contributed by atoms with Gasteiger partial charge < -0.3 is 4.42 Å². The fourth-order valence-corrected chi connectivity index (χ4v) is 2.86. The van der Waals surface area contributed by atoms with Crippen LogP contribution >= 0.6 is 0 Å². The van der Waals surface area contributed by atoms with Crippen LogP contribution in [0.2, 0.25) is 0 Å². The maximum absolute atomic E-state index is 8.51. The monoisotopic (exact) mass is 338 g/mol. The third-order valence-corrected chi connectivity index (χ3v) is 3.98. The summed E-state index contributed by atoms with van der Waals surface area (Å²) in [5.74, 6) is -0.451. The molecule has 25 heavy (non-hydrogen) atoms. The quantitative estimate of drug-likeness (QED) is 0.470. The molecule has 0 saturated heterocycles. The molecular formula is C22H22N2O. The Labute approximate surface area is 159 Å². The van der Waals surface area contributed by atoms with Crippen molar-refractivity contribution >= 4 is 22.1 Å². The number of hydrogen-bond donors (Lipinski definition) is 0. The zero-order chi connectivity index (χ0) is 24.3. The summed E-state index contributed by atoms with van der Waals surface area (Å²) in [5, 5.41) is 1.33. The van der Waals surface area contributed by atoms with E-state index < -0.39 is 26.0 Å². The highest BCUT2D eigenvalue weighted by atomic mass is 16.3. The van der Waals surface area contributed by atoms with Crippen molar-refractivity contribution in [3.05, 3.63) is 59.4 Å². The number of aryl methyl sites for hydroxylation is 2. The highest BCUT2D eigenvalue weighted by Crippen LogP contribution is 2.31. The maximum Gasteiger partial charge on any atom is 0.227 e. The largest absolute Gasteiger partial charge is 0.438 e. The zero-order valence-corrected chi connectivity index (χ0v) is 13.9. The topological polar surface area (TPSA) is 38.9 Å². The number of nitrogens with zero attached hydrogens (tertiary/aromatic N) is 2. The first kappa shape index (κ1) is 9.14. The Bertz CT molecular complexity index is 1350. The van der Waals surface area contributed by atoms with E-state index >= 15 is 0 Å². The molecule has 0 atom stereocenters. The second-order valence-corrected chi connectivity index (χ2v) is 6.28. The van der Waals surface area contributed by atoms with E-state index in [1.807, 2.05) is 0 Å². The third kappa shape index (κ3) is 2.91. The Kier molecular flexibility index (Phi) is 2.19. The van der Waals surface area contributed by atoms with Crippen LogP contribution in [0.5, 0.6) is 0 Å². The van der Waals surface area contributed by atoms with Crippen LogP contribution in [0.15, 0.2) is 47.0 Å². The molecule has 0 fully saturated rings. The van der Waals surface area contributed by atoms with Crippen molar-refractivity contribution < 1.29 is 15.4 Å².